The van der Waals surface area contributed by atoms with Crippen molar-refractivity contribution >= 4 is 12.4 Å². The van der Waals surface area contributed by atoms with Gasteiger partial charge in [-0.2, -0.15) is 0 Å². The lowest BCUT2D eigenvalue weighted by Crippen LogP contribution is -2.22. The second-order valence-corrected chi connectivity index (χ2v) is 3.52. The predicted molar refractivity (Wildman–Crippen MR) is 55.6 cm³/mol. The van der Waals surface area contributed by atoms with E-state index in [1.807, 2.05) is 0 Å². The fraction of sp³-hybridized carbons (Fsp3) is 0.273. The van der Waals surface area contributed by atoms with E-state index in [1.165, 1.54) is 12.1 Å². The van der Waals surface area contributed by atoms with Crippen LogP contribution in [0.3, 0.4) is 0 Å². The zero-order valence-electron chi connectivity index (χ0n) is 8.81. The summed E-state index contributed by atoms with van der Waals surface area (Å²) in [6.45, 7) is 0.474. The van der Waals surface area contributed by atoms with Gasteiger partial charge < -0.3 is 14.8 Å². The average Bonchev–Trinajstić information content (AvgIpc) is 2.73. The molecule has 1 heterocycles. The number of carbonyl (C=O) groups is 2. The monoisotopic (exact) mass is 239 g/mol. The summed E-state index contributed by atoms with van der Waals surface area (Å²) in [5.41, 5.74) is 0.127. The highest BCUT2D eigenvalue weighted by Crippen LogP contribution is 2.18. The van der Waals surface area contributed by atoms with Crippen LogP contribution in [0.4, 0.5) is 9.18 Å². The molecule has 1 atom stereocenters. The van der Waals surface area contributed by atoms with E-state index < -0.39 is 18.0 Å². The molecular formula is C11H10FNO4. The van der Waals surface area contributed by atoms with Crippen LogP contribution >= 0.6 is 0 Å². The molecule has 0 aliphatic carbocycles. The Bertz CT molecular complexity index is 449. The van der Waals surface area contributed by atoms with Crippen LogP contribution in [-0.2, 0) is 4.74 Å². The number of halogens is 1. The van der Waals surface area contributed by atoms with Crippen LogP contribution < -0.4 is 10.1 Å². The highest BCUT2D eigenvalue weighted by atomic mass is 19.1. The van der Waals surface area contributed by atoms with Crippen LogP contribution in [0.2, 0.25) is 0 Å². The number of cyclic esters (lactones) is 1. The van der Waals surface area contributed by atoms with Gasteiger partial charge in [-0.15, -0.1) is 0 Å². The third-order valence-electron chi connectivity index (χ3n) is 2.27. The molecule has 1 fully saturated rings. The minimum Gasteiger partial charge on any atom is -0.489 e. The van der Waals surface area contributed by atoms with E-state index in [9.17, 15) is 14.0 Å². The molecule has 0 bridgehead atoms. The van der Waals surface area contributed by atoms with E-state index in [4.69, 9.17) is 9.47 Å². The summed E-state index contributed by atoms with van der Waals surface area (Å²) in [4.78, 5) is 21.4. The van der Waals surface area contributed by atoms with Crippen molar-refractivity contribution in [3.05, 3.63) is 29.6 Å². The van der Waals surface area contributed by atoms with Gasteiger partial charge in [0, 0.05) is 0 Å². The topological polar surface area (TPSA) is 64.6 Å². The Hall–Kier alpha value is -2.11. The molecule has 90 valence electrons. The van der Waals surface area contributed by atoms with Gasteiger partial charge in [-0.3, -0.25) is 4.79 Å². The van der Waals surface area contributed by atoms with Gasteiger partial charge in [0.05, 0.1) is 12.1 Å². The van der Waals surface area contributed by atoms with Gasteiger partial charge in [-0.1, -0.05) is 0 Å². The third kappa shape index (κ3) is 2.72. The lowest BCUT2D eigenvalue weighted by molar-refractivity contribution is 0.102. The SMILES string of the molecule is O=Cc1cc(F)ccc1OCC1CNC(=O)O1. The molecule has 6 heteroatoms. The van der Waals surface area contributed by atoms with Crippen LogP contribution in [0.25, 0.3) is 0 Å². The molecule has 1 aliphatic heterocycles. The molecule has 0 aromatic heterocycles. The smallest absolute Gasteiger partial charge is 0.407 e. The summed E-state index contributed by atoms with van der Waals surface area (Å²) in [6.07, 6.45) is -0.377. The first-order chi connectivity index (χ1) is 8.19. The maximum atomic E-state index is 12.8. The van der Waals surface area contributed by atoms with E-state index in [1.54, 1.807) is 0 Å². The van der Waals surface area contributed by atoms with E-state index in [-0.39, 0.29) is 17.9 Å². The molecule has 17 heavy (non-hydrogen) atoms. The van der Waals surface area contributed by atoms with E-state index in [0.717, 1.165) is 6.07 Å². The normalized spacial score (nSPS) is 18.4. The summed E-state index contributed by atoms with van der Waals surface area (Å²) in [5, 5.41) is 2.47. The van der Waals surface area contributed by atoms with Crippen LogP contribution in [0.15, 0.2) is 18.2 Å². The Morgan fingerprint density at radius 1 is 1.59 bits per heavy atom. The van der Waals surface area contributed by atoms with Crippen LogP contribution in [-0.4, -0.2) is 31.6 Å². The predicted octanol–water partition coefficient (Wildman–Crippen LogP) is 1.13. The number of ether oxygens (including phenoxy) is 2. The number of amides is 1. The molecular weight excluding hydrogens is 229 g/mol. The number of alkyl carbamates (subject to hydrolysis) is 1. The molecule has 1 N–H and O–H groups in total. The van der Waals surface area contributed by atoms with Gasteiger partial charge >= 0.3 is 6.09 Å². The Morgan fingerprint density at radius 3 is 3.06 bits per heavy atom. The van der Waals surface area contributed by atoms with Crippen LogP contribution in [0.5, 0.6) is 5.75 Å². The Labute approximate surface area is 96.5 Å². The summed E-state index contributed by atoms with van der Waals surface area (Å²) < 4.78 is 23.0. The van der Waals surface area contributed by atoms with Crippen molar-refractivity contribution in [2.45, 2.75) is 6.10 Å². The van der Waals surface area contributed by atoms with Gasteiger partial charge in [-0.25, -0.2) is 9.18 Å². The van der Waals surface area contributed by atoms with Gasteiger partial charge in [-0.05, 0) is 18.2 Å². The Kier molecular flexibility index (Phi) is 3.22. The van der Waals surface area contributed by atoms with Gasteiger partial charge in [0.1, 0.15) is 18.2 Å². The lowest BCUT2D eigenvalue weighted by atomic mass is 10.2. The van der Waals surface area contributed by atoms with E-state index >= 15 is 0 Å². The number of hydrogen-bond donors (Lipinski definition) is 1. The molecule has 1 aromatic rings. The van der Waals surface area contributed by atoms with Crippen molar-refractivity contribution in [2.24, 2.45) is 0 Å². The highest BCUT2D eigenvalue weighted by Gasteiger charge is 2.23. The molecule has 5 nitrogen and oxygen atoms in total. The molecule has 1 unspecified atom stereocenters. The molecule has 1 saturated heterocycles. The van der Waals surface area contributed by atoms with Crippen molar-refractivity contribution in [1.82, 2.24) is 5.32 Å². The maximum Gasteiger partial charge on any atom is 0.407 e. The number of aldehydes is 1. The van der Waals surface area contributed by atoms with Crippen LogP contribution in [0, 0.1) is 5.82 Å². The van der Waals surface area contributed by atoms with Crippen molar-refractivity contribution in [1.29, 1.82) is 0 Å². The Morgan fingerprint density at radius 2 is 2.41 bits per heavy atom. The van der Waals surface area contributed by atoms with E-state index in [0.29, 0.717) is 12.8 Å². The zero-order chi connectivity index (χ0) is 12.3. The minimum atomic E-state index is -0.506. The van der Waals surface area contributed by atoms with Crippen molar-refractivity contribution in [2.75, 3.05) is 13.2 Å². The first kappa shape index (κ1) is 11.4. The lowest BCUT2D eigenvalue weighted by Gasteiger charge is -2.11. The first-order valence-electron chi connectivity index (χ1n) is 5.01. The minimum absolute atomic E-state index is 0.116. The van der Waals surface area contributed by atoms with Crippen molar-refractivity contribution in [3.8, 4) is 5.75 Å². The van der Waals surface area contributed by atoms with E-state index in [2.05, 4.69) is 5.32 Å². The second kappa shape index (κ2) is 4.82. The number of hydrogen-bond acceptors (Lipinski definition) is 4. The molecule has 1 amide bonds. The molecule has 2 rings (SSSR count). The zero-order valence-corrected chi connectivity index (χ0v) is 8.81. The van der Waals surface area contributed by atoms with Gasteiger partial charge in [0.25, 0.3) is 0 Å². The van der Waals surface area contributed by atoms with Gasteiger partial charge in [0.2, 0.25) is 0 Å². The molecule has 0 radical (unpaired) electrons. The second-order valence-electron chi connectivity index (χ2n) is 3.52. The number of nitrogens with one attached hydrogen (secondary N) is 1. The van der Waals surface area contributed by atoms with Crippen molar-refractivity contribution < 1.29 is 23.5 Å². The Balaban J connectivity index is 1.99. The average molecular weight is 239 g/mol. The van der Waals surface area contributed by atoms with Crippen molar-refractivity contribution in [3.63, 3.8) is 0 Å². The molecule has 0 spiro atoms. The molecule has 1 aromatic carbocycles. The highest BCUT2D eigenvalue weighted by molar-refractivity contribution is 5.79. The maximum absolute atomic E-state index is 12.8. The summed E-state index contributed by atoms with van der Waals surface area (Å²) in [6, 6.07) is 3.64. The summed E-state index contributed by atoms with van der Waals surface area (Å²) in [7, 11) is 0. The largest absolute Gasteiger partial charge is 0.489 e. The van der Waals surface area contributed by atoms with Crippen LogP contribution in [0.1, 0.15) is 10.4 Å². The van der Waals surface area contributed by atoms with Gasteiger partial charge in [0.15, 0.2) is 12.4 Å². The quantitative estimate of drug-likeness (QED) is 0.800. The first-order valence-corrected chi connectivity index (χ1v) is 5.01. The number of carbonyl (C=O) groups excluding carboxylic acids is 2. The summed E-state index contributed by atoms with van der Waals surface area (Å²) in [5.74, 6) is -0.238. The fourth-order valence-corrected chi connectivity index (χ4v) is 1.45. The fourth-order valence-electron chi connectivity index (χ4n) is 1.45. The number of rotatable bonds is 4. The molecule has 0 saturated carbocycles. The number of benzene rings is 1. The standard InChI is InChI=1S/C11H10FNO4/c12-8-1-2-10(7(3-8)5-14)16-6-9-4-13-11(15)17-9/h1-3,5,9H,4,6H2,(H,13,15). The third-order valence-corrected chi connectivity index (χ3v) is 2.27. The molecule has 1 aliphatic rings. The summed E-state index contributed by atoms with van der Waals surface area (Å²) >= 11 is 0.